The zero-order valence-corrected chi connectivity index (χ0v) is 10.6. The molecule has 0 atom stereocenters. The summed E-state index contributed by atoms with van der Waals surface area (Å²) < 4.78 is 10.8. The van der Waals surface area contributed by atoms with Crippen LogP contribution in [-0.2, 0) is 8.23 Å². The molecule has 4 heteroatoms. The van der Waals surface area contributed by atoms with Gasteiger partial charge in [0.15, 0.2) is 0 Å². The second kappa shape index (κ2) is 6.83. The molecule has 72 valence electrons. The standard InChI is InChI=1S/C8H20O2Si2/c1-2-3-4-5-6-7-8-12-9-11-10-12/h12H,2-8,11H2,1H3. The number of unbranched alkanes of at least 4 members (excludes halogenated alkanes) is 5. The first-order chi connectivity index (χ1) is 5.93. The second-order valence-electron chi connectivity index (χ2n) is 3.44. The first-order valence-corrected chi connectivity index (χ1v) is 8.08. The van der Waals surface area contributed by atoms with Crippen molar-refractivity contribution in [3.05, 3.63) is 0 Å². The zero-order chi connectivity index (χ0) is 8.65. The lowest BCUT2D eigenvalue weighted by atomic mass is 10.1. The average Bonchev–Trinajstić information content (AvgIpc) is 2.00. The molecule has 1 fully saturated rings. The van der Waals surface area contributed by atoms with Gasteiger partial charge in [-0.05, 0) is 6.04 Å². The highest BCUT2D eigenvalue weighted by atomic mass is 28.4. The normalized spacial score (nSPS) is 24.2. The van der Waals surface area contributed by atoms with E-state index >= 15 is 0 Å². The third-order valence-corrected chi connectivity index (χ3v) is 7.24. The molecule has 1 aliphatic heterocycles. The molecule has 12 heavy (non-hydrogen) atoms. The molecule has 0 N–H and O–H groups in total. The van der Waals surface area contributed by atoms with E-state index in [0.29, 0.717) is 0 Å². The second-order valence-corrected chi connectivity index (χ2v) is 7.78. The molecule has 1 rings (SSSR count). The summed E-state index contributed by atoms with van der Waals surface area (Å²) in [6.07, 6.45) is 8.30. The summed E-state index contributed by atoms with van der Waals surface area (Å²) in [6.45, 7) is 2.26. The fourth-order valence-electron chi connectivity index (χ4n) is 1.42. The van der Waals surface area contributed by atoms with Crippen molar-refractivity contribution in [2.45, 2.75) is 51.5 Å². The van der Waals surface area contributed by atoms with Crippen LogP contribution in [0.5, 0.6) is 0 Å². The molecular weight excluding hydrogens is 184 g/mol. The van der Waals surface area contributed by atoms with Crippen molar-refractivity contribution in [3.8, 4) is 0 Å². The summed E-state index contributed by atoms with van der Waals surface area (Å²) in [5.41, 5.74) is 0. The Hall–Kier alpha value is 0.354. The lowest BCUT2D eigenvalue weighted by molar-refractivity contribution is 0.309. The van der Waals surface area contributed by atoms with Crippen molar-refractivity contribution >= 4 is 19.3 Å². The summed E-state index contributed by atoms with van der Waals surface area (Å²) in [5.74, 6) is 0. The quantitative estimate of drug-likeness (QED) is 0.463. The van der Waals surface area contributed by atoms with Gasteiger partial charge in [0.1, 0.15) is 0 Å². The van der Waals surface area contributed by atoms with Gasteiger partial charge in [-0.25, -0.2) is 0 Å². The van der Waals surface area contributed by atoms with Crippen LogP contribution in [0.2, 0.25) is 6.04 Å². The minimum atomic E-state index is -0.998. The van der Waals surface area contributed by atoms with Gasteiger partial charge in [0, 0.05) is 0 Å². The van der Waals surface area contributed by atoms with Gasteiger partial charge in [-0.15, -0.1) is 0 Å². The van der Waals surface area contributed by atoms with Gasteiger partial charge in [0.25, 0.3) is 10.0 Å². The van der Waals surface area contributed by atoms with Crippen LogP contribution in [0.3, 0.4) is 0 Å². The Morgan fingerprint density at radius 1 is 1.00 bits per heavy atom. The Kier molecular flexibility index (Phi) is 5.94. The van der Waals surface area contributed by atoms with Crippen molar-refractivity contribution < 1.29 is 8.23 Å². The van der Waals surface area contributed by atoms with E-state index in [4.69, 9.17) is 8.23 Å². The fraction of sp³-hybridized carbons (Fsp3) is 1.00. The molecule has 1 aliphatic rings. The summed E-state index contributed by atoms with van der Waals surface area (Å²) >= 11 is 0. The molecule has 2 nitrogen and oxygen atoms in total. The molecule has 0 aromatic rings. The van der Waals surface area contributed by atoms with E-state index < -0.39 is 19.3 Å². The maximum Gasteiger partial charge on any atom is 0.303 e. The van der Waals surface area contributed by atoms with E-state index in [0.717, 1.165) is 0 Å². The van der Waals surface area contributed by atoms with Crippen molar-refractivity contribution in [2.75, 3.05) is 0 Å². The van der Waals surface area contributed by atoms with Gasteiger partial charge in [-0.3, -0.25) is 0 Å². The van der Waals surface area contributed by atoms with Gasteiger partial charge >= 0.3 is 9.28 Å². The lowest BCUT2D eigenvalue weighted by Crippen LogP contribution is -2.38. The third-order valence-electron chi connectivity index (χ3n) is 2.30. The summed E-state index contributed by atoms with van der Waals surface area (Å²) in [4.78, 5) is 0. The van der Waals surface area contributed by atoms with E-state index in [1.807, 2.05) is 0 Å². The average molecular weight is 204 g/mol. The van der Waals surface area contributed by atoms with Gasteiger partial charge in [-0.2, -0.15) is 0 Å². The summed E-state index contributed by atoms with van der Waals surface area (Å²) in [7, 11) is -1.43. The molecule has 1 heterocycles. The molecule has 0 aliphatic carbocycles. The van der Waals surface area contributed by atoms with Gasteiger partial charge in [-0.1, -0.05) is 45.4 Å². The van der Waals surface area contributed by atoms with Crippen LogP contribution in [0.1, 0.15) is 45.4 Å². The molecular formula is C8H20O2Si2. The van der Waals surface area contributed by atoms with Gasteiger partial charge < -0.3 is 8.23 Å². The first kappa shape index (κ1) is 10.4. The first-order valence-electron chi connectivity index (χ1n) is 5.16. The van der Waals surface area contributed by atoms with E-state index in [-0.39, 0.29) is 0 Å². The number of hydrogen-bond acceptors (Lipinski definition) is 2. The Labute approximate surface area is 79.6 Å². The van der Waals surface area contributed by atoms with Crippen molar-refractivity contribution in [2.24, 2.45) is 0 Å². The molecule has 1 saturated heterocycles. The minimum absolute atomic E-state index is 0.428. The Bertz CT molecular complexity index is 107. The molecule has 0 aromatic heterocycles. The summed E-state index contributed by atoms with van der Waals surface area (Å²) in [6, 6.07) is 1.26. The van der Waals surface area contributed by atoms with Crippen LogP contribution in [0, 0.1) is 0 Å². The van der Waals surface area contributed by atoms with Crippen LogP contribution < -0.4 is 0 Å². The van der Waals surface area contributed by atoms with Gasteiger partial charge in [0.05, 0.1) is 0 Å². The van der Waals surface area contributed by atoms with Gasteiger partial charge in [0.2, 0.25) is 0 Å². The Morgan fingerprint density at radius 3 is 2.25 bits per heavy atom. The van der Waals surface area contributed by atoms with E-state index in [2.05, 4.69) is 6.92 Å². The van der Waals surface area contributed by atoms with Crippen LogP contribution in [0.15, 0.2) is 0 Å². The van der Waals surface area contributed by atoms with Crippen molar-refractivity contribution in [1.82, 2.24) is 0 Å². The smallest absolute Gasteiger partial charge is 0.303 e. The molecule has 0 bridgehead atoms. The largest absolute Gasteiger partial charge is 0.422 e. The topological polar surface area (TPSA) is 18.5 Å². The Morgan fingerprint density at radius 2 is 1.67 bits per heavy atom. The van der Waals surface area contributed by atoms with E-state index in [1.54, 1.807) is 0 Å². The van der Waals surface area contributed by atoms with Crippen LogP contribution in [-0.4, -0.2) is 19.3 Å². The highest BCUT2D eigenvalue weighted by Gasteiger charge is 2.20. The van der Waals surface area contributed by atoms with E-state index in [9.17, 15) is 0 Å². The molecule has 0 radical (unpaired) electrons. The minimum Gasteiger partial charge on any atom is -0.422 e. The fourth-order valence-corrected chi connectivity index (χ4v) is 4.69. The molecule has 0 amide bonds. The predicted molar refractivity (Wildman–Crippen MR) is 56.0 cm³/mol. The predicted octanol–water partition coefficient (Wildman–Crippen LogP) is 1.61. The van der Waals surface area contributed by atoms with Crippen molar-refractivity contribution in [3.63, 3.8) is 0 Å². The highest BCUT2D eigenvalue weighted by Crippen LogP contribution is 2.12. The SMILES string of the molecule is CCCCCCCC[SiH]1O[SiH2]O1. The maximum atomic E-state index is 5.41. The zero-order valence-electron chi connectivity index (χ0n) is 8.05. The van der Waals surface area contributed by atoms with Crippen LogP contribution >= 0.6 is 0 Å². The Balaban J connectivity index is 1.70. The van der Waals surface area contributed by atoms with E-state index in [1.165, 1.54) is 44.6 Å². The van der Waals surface area contributed by atoms with Crippen molar-refractivity contribution in [1.29, 1.82) is 0 Å². The molecule has 0 saturated carbocycles. The van der Waals surface area contributed by atoms with Crippen LogP contribution in [0.25, 0.3) is 0 Å². The molecule has 0 unspecified atom stereocenters. The lowest BCUT2D eigenvalue weighted by Gasteiger charge is -2.25. The van der Waals surface area contributed by atoms with Crippen LogP contribution in [0.4, 0.5) is 0 Å². The highest BCUT2D eigenvalue weighted by molar-refractivity contribution is 6.64. The number of hydrogen-bond donors (Lipinski definition) is 0. The summed E-state index contributed by atoms with van der Waals surface area (Å²) in [5, 5.41) is 0. The monoisotopic (exact) mass is 204 g/mol. The number of rotatable bonds is 7. The third kappa shape index (κ3) is 4.40. The maximum absolute atomic E-state index is 5.41. The molecule has 0 spiro atoms. The molecule has 0 aromatic carbocycles.